The maximum atomic E-state index is 13.4. The summed E-state index contributed by atoms with van der Waals surface area (Å²) >= 11 is 12.6. The summed E-state index contributed by atoms with van der Waals surface area (Å²) < 4.78 is 14.1. The average Bonchev–Trinajstić information content (AvgIpc) is 2.58. The van der Waals surface area contributed by atoms with E-state index in [0.29, 0.717) is 4.34 Å². The highest BCUT2D eigenvalue weighted by atomic mass is 35.5. The van der Waals surface area contributed by atoms with Crippen LogP contribution in [-0.4, -0.2) is 5.78 Å². The molecule has 1 heterocycles. The van der Waals surface area contributed by atoms with Gasteiger partial charge in [-0.15, -0.1) is 11.3 Å². The third-order valence-electron chi connectivity index (χ3n) is 2.02. The molecule has 2 rings (SSSR count). The summed E-state index contributed by atoms with van der Waals surface area (Å²) in [5.41, 5.74) is 0.237. The van der Waals surface area contributed by atoms with Gasteiger partial charge in [0, 0.05) is 0 Å². The topological polar surface area (TPSA) is 17.1 Å². The third kappa shape index (κ3) is 2.12. The predicted molar refractivity (Wildman–Crippen MR) is 64.2 cm³/mol. The normalized spacial score (nSPS) is 10.4. The van der Waals surface area contributed by atoms with Crippen molar-refractivity contribution >= 4 is 40.3 Å². The van der Waals surface area contributed by atoms with Crippen molar-refractivity contribution < 1.29 is 9.18 Å². The van der Waals surface area contributed by atoms with Gasteiger partial charge in [-0.05, 0) is 18.2 Å². The van der Waals surface area contributed by atoms with Crippen molar-refractivity contribution in [1.29, 1.82) is 0 Å². The minimum Gasteiger partial charge on any atom is -0.288 e. The quantitative estimate of drug-likeness (QED) is 0.741. The molecule has 0 unspecified atom stereocenters. The summed E-state index contributed by atoms with van der Waals surface area (Å²) in [6.07, 6.45) is 0. The smallest absolute Gasteiger partial charge is 0.198 e. The van der Waals surface area contributed by atoms with Crippen molar-refractivity contribution in [3.8, 4) is 0 Å². The Kier molecular flexibility index (Phi) is 3.28. The Hall–Kier alpha value is -0.900. The fraction of sp³-hybridized carbons (Fsp3) is 0. The van der Waals surface area contributed by atoms with Gasteiger partial charge in [0.15, 0.2) is 5.78 Å². The van der Waals surface area contributed by atoms with Gasteiger partial charge in [-0.25, -0.2) is 4.39 Å². The van der Waals surface area contributed by atoms with E-state index in [4.69, 9.17) is 23.2 Å². The zero-order valence-electron chi connectivity index (χ0n) is 7.84. The fourth-order valence-corrected chi connectivity index (χ4v) is 2.74. The van der Waals surface area contributed by atoms with Gasteiger partial charge >= 0.3 is 0 Å². The lowest BCUT2D eigenvalue weighted by atomic mass is 10.1. The number of ketones is 1. The number of rotatable bonds is 2. The van der Waals surface area contributed by atoms with Gasteiger partial charge in [-0.1, -0.05) is 35.3 Å². The van der Waals surface area contributed by atoms with Gasteiger partial charge in [0.1, 0.15) is 10.2 Å². The summed E-state index contributed by atoms with van der Waals surface area (Å²) in [5, 5.41) is 0. The minimum atomic E-state index is -0.564. The average molecular weight is 275 g/mol. The fourth-order valence-electron chi connectivity index (χ4n) is 1.29. The molecule has 0 bridgehead atoms. The number of carbonyl (C=O) groups is 1. The van der Waals surface area contributed by atoms with Gasteiger partial charge in [0.05, 0.1) is 15.5 Å². The van der Waals surface area contributed by atoms with Crippen molar-refractivity contribution in [3.63, 3.8) is 0 Å². The molecule has 0 saturated carbocycles. The molecule has 0 aliphatic rings. The summed E-state index contributed by atoms with van der Waals surface area (Å²) in [6.45, 7) is 0. The highest BCUT2D eigenvalue weighted by Crippen LogP contribution is 2.32. The van der Waals surface area contributed by atoms with Crippen molar-refractivity contribution in [2.24, 2.45) is 0 Å². The van der Waals surface area contributed by atoms with Crippen LogP contribution in [0.3, 0.4) is 0 Å². The molecule has 0 spiro atoms. The molecule has 5 heteroatoms. The van der Waals surface area contributed by atoms with Gasteiger partial charge in [-0.3, -0.25) is 4.79 Å². The molecule has 1 aromatic carbocycles. The molecule has 82 valence electrons. The SMILES string of the molecule is O=C(c1ccccc1F)c1cc(Cl)sc1Cl. The van der Waals surface area contributed by atoms with Crippen LogP contribution < -0.4 is 0 Å². The molecule has 0 radical (unpaired) electrons. The first-order chi connectivity index (χ1) is 7.59. The summed E-state index contributed by atoms with van der Waals surface area (Å²) in [7, 11) is 0. The maximum Gasteiger partial charge on any atom is 0.198 e. The van der Waals surface area contributed by atoms with Crippen LogP contribution in [0.1, 0.15) is 15.9 Å². The monoisotopic (exact) mass is 274 g/mol. The number of halogens is 3. The molecule has 1 aromatic heterocycles. The largest absolute Gasteiger partial charge is 0.288 e. The van der Waals surface area contributed by atoms with Gasteiger partial charge < -0.3 is 0 Å². The Morgan fingerprint density at radius 2 is 1.88 bits per heavy atom. The van der Waals surface area contributed by atoms with E-state index in [0.717, 1.165) is 11.3 Å². The Labute approximate surface area is 105 Å². The van der Waals surface area contributed by atoms with E-state index in [1.165, 1.54) is 24.3 Å². The van der Waals surface area contributed by atoms with Crippen molar-refractivity contribution in [2.75, 3.05) is 0 Å². The van der Waals surface area contributed by atoms with Crippen molar-refractivity contribution in [1.82, 2.24) is 0 Å². The Morgan fingerprint density at radius 1 is 1.19 bits per heavy atom. The van der Waals surface area contributed by atoms with E-state index in [2.05, 4.69) is 0 Å². The second-order valence-corrected chi connectivity index (χ2v) is 5.33. The molecule has 2 aromatic rings. The minimum absolute atomic E-state index is 0.00105. The summed E-state index contributed by atoms with van der Waals surface area (Å²) in [6, 6.07) is 7.21. The van der Waals surface area contributed by atoms with E-state index in [-0.39, 0.29) is 15.5 Å². The van der Waals surface area contributed by atoms with Gasteiger partial charge in [0.2, 0.25) is 0 Å². The molecule has 1 nitrogen and oxygen atoms in total. The molecular formula is C11H5Cl2FOS. The van der Waals surface area contributed by atoms with Gasteiger partial charge in [-0.2, -0.15) is 0 Å². The number of carbonyl (C=O) groups excluding carboxylic acids is 1. The summed E-state index contributed by atoms with van der Waals surface area (Å²) in [4.78, 5) is 11.9. The lowest BCUT2D eigenvalue weighted by molar-refractivity contribution is 0.103. The Morgan fingerprint density at radius 3 is 2.44 bits per heavy atom. The summed E-state index contributed by atoms with van der Waals surface area (Å²) in [5.74, 6) is -1.02. The van der Waals surface area contributed by atoms with E-state index in [1.54, 1.807) is 6.07 Å². The first-order valence-electron chi connectivity index (χ1n) is 4.33. The van der Waals surface area contributed by atoms with E-state index >= 15 is 0 Å². The lowest BCUT2D eigenvalue weighted by Gasteiger charge is -2.00. The number of hydrogen-bond acceptors (Lipinski definition) is 2. The van der Waals surface area contributed by atoms with Crippen LogP contribution in [0.5, 0.6) is 0 Å². The number of benzene rings is 1. The molecule has 0 amide bonds. The second-order valence-electron chi connectivity index (χ2n) is 3.05. The maximum absolute atomic E-state index is 13.4. The molecule has 0 aliphatic heterocycles. The van der Waals surface area contributed by atoms with Crippen LogP contribution in [0.15, 0.2) is 30.3 Å². The predicted octanol–water partition coefficient (Wildman–Crippen LogP) is 4.43. The molecule has 0 saturated heterocycles. The Bertz CT molecular complexity index is 551. The van der Waals surface area contributed by atoms with Crippen LogP contribution in [0.25, 0.3) is 0 Å². The first kappa shape index (κ1) is 11.6. The van der Waals surface area contributed by atoms with E-state index < -0.39 is 11.6 Å². The van der Waals surface area contributed by atoms with Crippen LogP contribution in [0.4, 0.5) is 4.39 Å². The van der Waals surface area contributed by atoms with Crippen LogP contribution >= 0.6 is 34.5 Å². The molecule has 0 N–H and O–H groups in total. The van der Waals surface area contributed by atoms with E-state index in [9.17, 15) is 9.18 Å². The zero-order chi connectivity index (χ0) is 11.7. The standard InChI is InChI=1S/C11H5Cl2FOS/c12-9-5-7(11(13)16-9)10(15)6-3-1-2-4-8(6)14/h1-5H. The molecule has 0 fully saturated rings. The molecule has 0 aliphatic carbocycles. The number of hydrogen-bond donors (Lipinski definition) is 0. The zero-order valence-corrected chi connectivity index (χ0v) is 10.2. The molecular weight excluding hydrogens is 270 g/mol. The van der Waals surface area contributed by atoms with Crippen molar-refractivity contribution in [2.45, 2.75) is 0 Å². The van der Waals surface area contributed by atoms with Crippen LogP contribution in [0.2, 0.25) is 8.67 Å². The van der Waals surface area contributed by atoms with Gasteiger partial charge in [0.25, 0.3) is 0 Å². The van der Waals surface area contributed by atoms with Crippen LogP contribution in [0, 0.1) is 5.82 Å². The highest BCUT2D eigenvalue weighted by molar-refractivity contribution is 7.20. The Balaban J connectivity index is 2.47. The van der Waals surface area contributed by atoms with E-state index in [1.807, 2.05) is 0 Å². The molecule has 0 atom stereocenters. The number of thiophene rings is 1. The lowest BCUT2D eigenvalue weighted by Crippen LogP contribution is -2.03. The van der Waals surface area contributed by atoms with Crippen LogP contribution in [-0.2, 0) is 0 Å². The third-order valence-corrected chi connectivity index (χ3v) is 3.51. The van der Waals surface area contributed by atoms with Crippen molar-refractivity contribution in [3.05, 3.63) is 55.9 Å². The molecule has 16 heavy (non-hydrogen) atoms. The second kappa shape index (κ2) is 4.53. The first-order valence-corrected chi connectivity index (χ1v) is 5.91. The highest BCUT2D eigenvalue weighted by Gasteiger charge is 2.18.